The average Bonchev–Trinajstić information content (AvgIpc) is 2.44. The van der Waals surface area contributed by atoms with Gasteiger partial charge in [0.1, 0.15) is 6.54 Å². The lowest BCUT2D eigenvalue weighted by Gasteiger charge is -2.06. The van der Waals surface area contributed by atoms with E-state index in [4.69, 9.17) is 0 Å². The van der Waals surface area contributed by atoms with Crippen molar-refractivity contribution in [1.82, 2.24) is 0 Å². The number of nitrogens with zero attached hydrogens (tertiary/aromatic N) is 1. The minimum absolute atomic E-state index is 0.739. The molecule has 0 amide bonds. The zero-order valence-corrected chi connectivity index (χ0v) is 11.6. The first kappa shape index (κ1) is 12.2. The predicted molar refractivity (Wildman–Crippen MR) is 81.1 cm³/mol. The van der Waals surface area contributed by atoms with Gasteiger partial charge in [-0.2, -0.15) is 4.57 Å². The maximum Gasteiger partial charge on any atom is 0.213 e. The molecule has 0 aliphatic rings. The Kier molecular flexibility index (Phi) is 3.20. The van der Waals surface area contributed by atoms with Crippen LogP contribution >= 0.6 is 0 Å². The molecule has 1 nitrogen and oxygen atoms in total. The fourth-order valence-electron chi connectivity index (χ4n) is 2.63. The molecule has 0 aliphatic carbocycles. The zero-order valence-electron chi connectivity index (χ0n) is 11.6. The molecular weight excluding hydrogens is 230 g/mol. The van der Waals surface area contributed by atoms with E-state index in [1.165, 1.54) is 28.1 Å². The van der Waals surface area contributed by atoms with Gasteiger partial charge in [-0.3, -0.25) is 0 Å². The Morgan fingerprint density at radius 2 is 1.68 bits per heavy atom. The van der Waals surface area contributed by atoms with E-state index in [0.717, 1.165) is 12.5 Å². The van der Waals surface area contributed by atoms with Crippen LogP contribution in [0.1, 0.15) is 20.3 Å². The molecule has 0 spiro atoms. The molecule has 2 aromatic carbocycles. The summed E-state index contributed by atoms with van der Waals surface area (Å²) >= 11 is 0. The number of hydrogen-bond donors (Lipinski definition) is 0. The average molecular weight is 250 g/mol. The fourth-order valence-corrected chi connectivity index (χ4v) is 2.63. The minimum Gasteiger partial charge on any atom is -0.198 e. The SMILES string of the molecule is CC(C)CC[n+]1cccc2c3ccccc3ccc21. The van der Waals surface area contributed by atoms with Crippen LogP contribution in [-0.2, 0) is 6.54 Å². The molecule has 0 fully saturated rings. The summed E-state index contributed by atoms with van der Waals surface area (Å²) in [7, 11) is 0. The first-order valence-electron chi connectivity index (χ1n) is 7.05. The molecule has 1 aromatic heterocycles. The molecule has 1 heterocycles. The summed E-state index contributed by atoms with van der Waals surface area (Å²) in [5, 5.41) is 4.01. The van der Waals surface area contributed by atoms with Crippen LogP contribution < -0.4 is 4.57 Å². The third-order valence-corrected chi connectivity index (χ3v) is 3.73. The summed E-state index contributed by atoms with van der Waals surface area (Å²) in [5.74, 6) is 0.739. The van der Waals surface area contributed by atoms with Crippen LogP contribution in [0, 0.1) is 5.92 Å². The van der Waals surface area contributed by atoms with Gasteiger partial charge in [0.15, 0.2) is 6.20 Å². The van der Waals surface area contributed by atoms with E-state index in [9.17, 15) is 0 Å². The minimum atomic E-state index is 0.739. The number of rotatable bonds is 3. The van der Waals surface area contributed by atoms with E-state index in [2.05, 4.69) is 73.1 Å². The number of benzene rings is 2. The largest absolute Gasteiger partial charge is 0.213 e. The third-order valence-electron chi connectivity index (χ3n) is 3.73. The van der Waals surface area contributed by atoms with Crippen molar-refractivity contribution in [2.75, 3.05) is 0 Å². The molecule has 1 heteroatoms. The molecule has 3 rings (SSSR count). The standard InChI is InChI=1S/C18H20N/c1-14(2)11-13-19-12-5-8-17-16-7-4-3-6-15(16)9-10-18(17)19/h3-10,12,14H,11,13H2,1-2H3/q+1. The number of pyridine rings is 1. The Morgan fingerprint density at radius 1 is 0.895 bits per heavy atom. The van der Waals surface area contributed by atoms with Gasteiger partial charge in [0.25, 0.3) is 0 Å². The van der Waals surface area contributed by atoms with Crippen molar-refractivity contribution in [2.24, 2.45) is 5.92 Å². The third kappa shape index (κ3) is 2.33. The molecule has 0 saturated carbocycles. The summed E-state index contributed by atoms with van der Waals surface area (Å²) < 4.78 is 2.38. The molecule has 96 valence electrons. The van der Waals surface area contributed by atoms with E-state index >= 15 is 0 Å². The molecule has 0 N–H and O–H groups in total. The summed E-state index contributed by atoms with van der Waals surface area (Å²) in [6.07, 6.45) is 3.41. The maximum atomic E-state index is 2.38. The van der Waals surface area contributed by atoms with Gasteiger partial charge in [-0.1, -0.05) is 38.1 Å². The van der Waals surface area contributed by atoms with E-state index < -0.39 is 0 Å². The van der Waals surface area contributed by atoms with Crippen LogP contribution in [0.25, 0.3) is 21.7 Å². The van der Waals surface area contributed by atoms with Crippen molar-refractivity contribution in [3.8, 4) is 0 Å². The van der Waals surface area contributed by atoms with Gasteiger partial charge < -0.3 is 0 Å². The van der Waals surface area contributed by atoms with Crippen molar-refractivity contribution in [1.29, 1.82) is 0 Å². The molecule has 3 aromatic rings. The first-order valence-corrected chi connectivity index (χ1v) is 7.05. The van der Waals surface area contributed by atoms with Crippen molar-refractivity contribution in [3.05, 3.63) is 54.7 Å². The second-order valence-electron chi connectivity index (χ2n) is 5.60. The number of aryl methyl sites for hydroxylation is 1. The van der Waals surface area contributed by atoms with Gasteiger partial charge >= 0.3 is 0 Å². The van der Waals surface area contributed by atoms with E-state index in [0.29, 0.717) is 0 Å². The highest BCUT2D eigenvalue weighted by Crippen LogP contribution is 2.22. The summed E-state index contributed by atoms with van der Waals surface area (Å²) in [4.78, 5) is 0. The Balaban J connectivity index is 2.17. The van der Waals surface area contributed by atoms with Crippen molar-refractivity contribution >= 4 is 21.7 Å². The van der Waals surface area contributed by atoms with Crippen molar-refractivity contribution in [3.63, 3.8) is 0 Å². The number of aromatic nitrogens is 1. The highest BCUT2D eigenvalue weighted by atomic mass is 14.9. The first-order chi connectivity index (χ1) is 9.25. The Bertz CT molecular complexity index is 713. The van der Waals surface area contributed by atoms with E-state index in [1.807, 2.05) is 0 Å². The molecule has 0 aliphatic heterocycles. The van der Waals surface area contributed by atoms with Gasteiger partial charge in [-0.15, -0.1) is 0 Å². The van der Waals surface area contributed by atoms with Crippen LogP contribution in [0.4, 0.5) is 0 Å². The van der Waals surface area contributed by atoms with Crippen LogP contribution in [-0.4, -0.2) is 0 Å². The molecule has 0 unspecified atom stereocenters. The van der Waals surface area contributed by atoms with Gasteiger partial charge in [-0.25, -0.2) is 0 Å². The lowest BCUT2D eigenvalue weighted by molar-refractivity contribution is -0.672. The Labute approximate surface area is 114 Å². The van der Waals surface area contributed by atoms with Crippen molar-refractivity contribution in [2.45, 2.75) is 26.8 Å². The topological polar surface area (TPSA) is 3.88 Å². The lowest BCUT2D eigenvalue weighted by atomic mass is 10.0. The molecule has 19 heavy (non-hydrogen) atoms. The van der Waals surface area contributed by atoms with E-state index in [-0.39, 0.29) is 0 Å². The molecule has 0 bridgehead atoms. The van der Waals surface area contributed by atoms with Crippen molar-refractivity contribution < 1.29 is 4.57 Å². The second-order valence-corrected chi connectivity index (χ2v) is 5.60. The summed E-state index contributed by atoms with van der Waals surface area (Å²) in [5.41, 5.74) is 1.34. The number of hydrogen-bond acceptors (Lipinski definition) is 0. The molecule has 0 atom stereocenters. The smallest absolute Gasteiger partial charge is 0.198 e. The van der Waals surface area contributed by atoms with Gasteiger partial charge in [0.05, 0.1) is 5.39 Å². The van der Waals surface area contributed by atoms with Gasteiger partial charge in [-0.05, 0) is 28.8 Å². The highest BCUT2D eigenvalue weighted by Gasteiger charge is 2.10. The van der Waals surface area contributed by atoms with Gasteiger partial charge in [0, 0.05) is 18.6 Å². The summed E-state index contributed by atoms with van der Waals surface area (Å²) in [6.45, 7) is 5.65. The van der Waals surface area contributed by atoms with Crippen LogP contribution in [0.15, 0.2) is 54.7 Å². The highest BCUT2D eigenvalue weighted by molar-refractivity contribution is 6.04. The second kappa shape index (κ2) is 5.00. The molecule has 0 radical (unpaired) electrons. The van der Waals surface area contributed by atoms with Crippen LogP contribution in [0.3, 0.4) is 0 Å². The fraction of sp³-hybridized carbons (Fsp3) is 0.278. The van der Waals surface area contributed by atoms with Crippen LogP contribution in [0.2, 0.25) is 0 Å². The van der Waals surface area contributed by atoms with Gasteiger partial charge in [0.2, 0.25) is 5.52 Å². The quantitative estimate of drug-likeness (QED) is 0.481. The Hall–Kier alpha value is -1.89. The normalized spacial score (nSPS) is 11.5. The molecular formula is C18H20N+. The predicted octanol–water partition coefficient (Wildman–Crippen LogP) is 4.33. The monoisotopic (exact) mass is 250 g/mol. The molecule has 0 saturated heterocycles. The van der Waals surface area contributed by atoms with E-state index in [1.54, 1.807) is 0 Å². The summed E-state index contributed by atoms with van der Waals surface area (Å²) in [6, 6.07) is 17.5. The maximum absolute atomic E-state index is 2.38. The Morgan fingerprint density at radius 3 is 2.53 bits per heavy atom. The number of fused-ring (bicyclic) bond motifs is 3. The lowest BCUT2D eigenvalue weighted by Crippen LogP contribution is -2.34. The van der Waals surface area contributed by atoms with Crippen LogP contribution in [0.5, 0.6) is 0 Å². The zero-order chi connectivity index (χ0) is 13.2.